The van der Waals surface area contributed by atoms with E-state index >= 15 is 0 Å². The van der Waals surface area contributed by atoms with Gasteiger partial charge in [-0.2, -0.15) is 0 Å². The highest BCUT2D eigenvalue weighted by Gasteiger charge is 2.12. The SMILES string of the molecule is CCCCCCCOC(=O)c1cccc(C(=O)OCC=C(C)C)c1. The van der Waals surface area contributed by atoms with Crippen LogP contribution in [0.1, 0.15) is 73.6 Å². The van der Waals surface area contributed by atoms with Gasteiger partial charge in [-0.15, -0.1) is 0 Å². The molecule has 0 amide bonds. The number of rotatable bonds is 10. The molecule has 1 aromatic rings. The molecule has 1 rings (SSSR count). The normalized spacial score (nSPS) is 10.1. The second-order valence-corrected chi connectivity index (χ2v) is 6.01. The summed E-state index contributed by atoms with van der Waals surface area (Å²) in [4.78, 5) is 24.0. The molecule has 4 nitrogen and oxygen atoms in total. The summed E-state index contributed by atoms with van der Waals surface area (Å²) in [5.74, 6) is -0.842. The summed E-state index contributed by atoms with van der Waals surface area (Å²) in [5, 5.41) is 0. The first-order valence-electron chi connectivity index (χ1n) is 8.62. The zero-order valence-electron chi connectivity index (χ0n) is 15.0. The van der Waals surface area contributed by atoms with Crippen molar-refractivity contribution in [2.75, 3.05) is 13.2 Å². The minimum absolute atomic E-state index is 0.230. The number of hydrogen-bond acceptors (Lipinski definition) is 4. The minimum Gasteiger partial charge on any atom is -0.462 e. The van der Waals surface area contributed by atoms with Gasteiger partial charge in [0, 0.05) is 0 Å². The minimum atomic E-state index is -0.443. The van der Waals surface area contributed by atoms with Gasteiger partial charge in [-0.1, -0.05) is 44.2 Å². The Morgan fingerprint density at radius 2 is 1.58 bits per heavy atom. The predicted octanol–water partition coefficient (Wildman–Crippen LogP) is 4.94. The summed E-state index contributed by atoms with van der Waals surface area (Å²) in [6.45, 7) is 6.68. The molecule has 0 aliphatic carbocycles. The van der Waals surface area contributed by atoms with Gasteiger partial charge in [0.05, 0.1) is 17.7 Å². The van der Waals surface area contributed by atoms with E-state index in [0.717, 1.165) is 18.4 Å². The van der Waals surface area contributed by atoms with Gasteiger partial charge in [0.25, 0.3) is 0 Å². The van der Waals surface area contributed by atoms with Crippen molar-refractivity contribution >= 4 is 11.9 Å². The number of esters is 2. The fraction of sp³-hybridized carbons (Fsp3) is 0.500. The van der Waals surface area contributed by atoms with Crippen LogP contribution in [-0.2, 0) is 9.47 Å². The molecule has 0 saturated heterocycles. The first kappa shape index (κ1) is 19.9. The first-order valence-corrected chi connectivity index (χ1v) is 8.62. The molecule has 0 heterocycles. The lowest BCUT2D eigenvalue weighted by Crippen LogP contribution is -2.10. The zero-order chi connectivity index (χ0) is 17.8. The lowest BCUT2D eigenvalue weighted by molar-refractivity contribution is 0.0497. The highest BCUT2D eigenvalue weighted by molar-refractivity contribution is 5.95. The van der Waals surface area contributed by atoms with Crippen molar-refractivity contribution in [3.63, 3.8) is 0 Å². The number of carbonyl (C=O) groups is 2. The number of benzene rings is 1. The molecule has 24 heavy (non-hydrogen) atoms. The largest absolute Gasteiger partial charge is 0.462 e. The summed E-state index contributed by atoms with van der Waals surface area (Å²) >= 11 is 0. The van der Waals surface area contributed by atoms with Crippen LogP contribution in [0.4, 0.5) is 0 Å². The lowest BCUT2D eigenvalue weighted by atomic mass is 10.1. The Labute approximate surface area is 144 Å². The molecule has 0 N–H and O–H groups in total. The number of hydrogen-bond donors (Lipinski definition) is 0. The van der Waals surface area contributed by atoms with E-state index in [-0.39, 0.29) is 6.61 Å². The lowest BCUT2D eigenvalue weighted by Gasteiger charge is -2.07. The van der Waals surface area contributed by atoms with Gasteiger partial charge in [-0.25, -0.2) is 9.59 Å². The van der Waals surface area contributed by atoms with Gasteiger partial charge in [0.2, 0.25) is 0 Å². The van der Waals surface area contributed by atoms with Crippen molar-refractivity contribution in [1.82, 2.24) is 0 Å². The standard InChI is InChI=1S/C20H28O4/c1-4-5-6-7-8-13-23-19(21)17-10-9-11-18(15-17)20(22)24-14-12-16(2)3/h9-12,15H,4-8,13-14H2,1-3H3. The molecule has 0 saturated carbocycles. The third kappa shape index (κ3) is 7.95. The van der Waals surface area contributed by atoms with Crippen LogP contribution in [-0.4, -0.2) is 25.2 Å². The second-order valence-electron chi connectivity index (χ2n) is 6.01. The van der Waals surface area contributed by atoms with Crippen LogP contribution >= 0.6 is 0 Å². The summed E-state index contributed by atoms with van der Waals surface area (Å²) < 4.78 is 10.4. The van der Waals surface area contributed by atoms with Crippen LogP contribution < -0.4 is 0 Å². The van der Waals surface area contributed by atoms with E-state index in [1.807, 2.05) is 19.9 Å². The van der Waals surface area contributed by atoms with Crippen LogP contribution in [0.5, 0.6) is 0 Å². The molecule has 0 aliphatic rings. The van der Waals surface area contributed by atoms with Gasteiger partial charge in [-0.3, -0.25) is 0 Å². The van der Waals surface area contributed by atoms with Crippen molar-refractivity contribution in [2.45, 2.75) is 52.9 Å². The van der Waals surface area contributed by atoms with Crippen molar-refractivity contribution in [3.8, 4) is 0 Å². The van der Waals surface area contributed by atoms with E-state index < -0.39 is 11.9 Å². The number of unbranched alkanes of at least 4 members (excludes halogenated alkanes) is 4. The van der Waals surface area contributed by atoms with E-state index in [1.165, 1.54) is 25.3 Å². The molecule has 0 aliphatic heterocycles. The molecule has 0 unspecified atom stereocenters. The Bertz CT molecular complexity index is 557. The maximum absolute atomic E-state index is 12.0. The van der Waals surface area contributed by atoms with Crippen molar-refractivity contribution in [2.24, 2.45) is 0 Å². The topological polar surface area (TPSA) is 52.6 Å². The highest BCUT2D eigenvalue weighted by atomic mass is 16.5. The quantitative estimate of drug-likeness (QED) is 0.346. The fourth-order valence-corrected chi connectivity index (χ4v) is 2.09. The van der Waals surface area contributed by atoms with Gasteiger partial charge in [0.1, 0.15) is 6.61 Å². The molecular weight excluding hydrogens is 304 g/mol. The van der Waals surface area contributed by atoms with Crippen LogP contribution in [0.2, 0.25) is 0 Å². The Morgan fingerprint density at radius 1 is 0.958 bits per heavy atom. The summed E-state index contributed by atoms with van der Waals surface area (Å²) in [7, 11) is 0. The molecule has 0 aromatic heterocycles. The first-order chi connectivity index (χ1) is 11.5. The molecular formula is C20H28O4. The highest BCUT2D eigenvalue weighted by Crippen LogP contribution is 2.10. The van der Waals surface area contributed by atoms with E-state index in [0.29, 0.717) is 17.7 Å². The number of allylic oxidation sites excluding steroid dienone is 1. The van der Waals surface area contributed by atoms with Crippen LogP contribution in [0, 0.1) is 0 Å². The average Bonchev–Trinajstić information content (AvgIpc) is 2.57. The Morgan fingerprint density at radius 3 is 2.21 bits per heavy atom. The van der Waals surface area contributed by atoms with Gasteiger partial charge in [-0.05, 0) is 44.5 Å². The van der Waals surface area contributed by atoms with Crippen LogP contribution in [0.15, 0.2) is 35.9 Å². The average molecular weight is 332 g/mol. The second kappa shape index (κ2) is 11.4. The Kier molecular flexibility index (Phi) is 9.51. The number of ether oxygens (including phenoxy) is 2. The van der Waals surface area contributed by atoms with E-state index in [1.54, 1.807) is 18.2 Å². The monoisotopic (exact) mass is 332 g/mol. The number of carbonyl (C=O) groups excluding carboxylic acids is 2. The molecule has 132 valence electrons. The molecule has 4 heteroatoms. The molecule has 1 aromatic carbocycles. The molecule has 0 fully saturated rings. The Hall–Kier alpha value is -2.10. The third-order valence-corrected chi connectivity index (χ3v) is 3.52. The molecule has 0 spiro atoms. The Balaban J connectivity index is 2.47. The van der Waals surface area contributed by atoms with E-state index in [2.05, 4.69) is 6.92 Å². The fourth-order valence-electron chi connectivity index (χ4n) is 2.09. The summed E-state index contributed by atoms with van der Waals surface area (Å²) in [6, 6.07) is 6.46. The van der Waals surface area contributed by atoms with Crippen molar-refractivity contribution < 1.29 is 19.1 Å². The predicted molar refractivity (Wildman–Crippen MR) is 95.2 cm³/mol. The zero-order valence-corrected chi connectivity index (χ0v) is 15.0. The molecule has 0 atom stereocenters. The molecule has 0 bridgehead atoms. The van der Waals surface area contributed by atoms with Crippen LogP contribution in [0.3, 0.4) is 0 Å². The van der Waals surface area contributed by atoms with E-state index in [4.69, 9.17) is 9.47 Å². The van der Waals surface area contributed by atoms with Gasteiger partial charge in [0.15, 0.2) is 0 Å². The van der Waals surface area contributed by atoms with Crippen molar-refractivity contribution in [3.05, 3.63) is 47.0 Å². The van der Waals surface area contributed by atoms with Crippen LogP contribution in [0.25, 0.3) is 0 Å². The van der Waals surface area contributed by atoms with Gasteiger partial charge >= 0.3 is 11.9 Å². The summed E-state index contributed by atoms with van der Waals surface area (Å²) in [6.07, 6.45) is 7.34. The maximum Gasteiger partial charge on any atom is 0.338 e. The van der Waals surface area contributed by atoms with Crippen molar-refractivity contribution in [1.29, 1.82) is 0 Å². The molecule has 0 radical (unpaired) electrons. The van der Waals surface area contributed by atoms with E-state index in [9.17, 15) is 9.59 Å². The van der Waals surface area contributed by atoms with Gasteiger partial charge < -0.3 is 9.47 Å². The third-order valence-electron chi connectivity index (χ3n) is 3.52. The smallest absolute Gasteiger partial charge is 0.338 e. The summed E-state index contributed by atoms with van der Waals surface area (Å²) in [5.41, 5.74) is 1.81. The maximum atomic E-state index is 12.0.